The summed E-state index contributed by atoms with van der Waals surface area (Å²) in [6.45, 7) is 5.68. The largest absolute Gasteiger partial charge is 0.369 e. The highest BCUT2D eigenvalue weighted by Crippen LogP contribution is 2.25. The van der Waals surface area contributed by atoms with E-state index in [-0.39, 0.29) is 11.1 Å². The van der Waals surface area contributed by atoms with Gasteiger partial charge in [-0.15, -0.1) is 0 Å². The topological polar surface area (TPSA) is 101 Å². The Labute approximate surface area is 111 Å². The molecule has 0 unspecified atom stereocenters. The molecule has 4 N–H and O–H groups in total. The van der Waals surface area contributed by atoms with Gasteiger partial charge in [-0.05, 0) is 24.8 Å². The van der Waals surface area contributed by atoms with Crippen LogP contribution in [0.1, 0.15) is 26.7 Å². The predicted molar refractivity (Wildman–Crippen MR) is 74.2 cm³/mol. The number of nitrogens with two attached hydrogens (primary N) is 1. The number of rotatable bonds is 6. The molecule has 0 aromatic carbocycles. The number of hydrogen-bond acceptors (Lipinski definition) is 5. The Kier molecular flexibility index (Phi) is 3.84. The summed E-state index contributed by atoms with van der Waals surface area (Å²) >= 11 is 0. The number of nitrogens with zero attached hydrogens (tertiary/aromatic N) is 3. The second kappa shape index (κ2) is 5.40. The fraction of sp³-hybridized carbons (Fsp3) is 0.583. The van der Waals surface area contributed by atoms with Gasteiger partial charge < -0.3 is 11.1 Å². The first-order valence-electron chi connectivity index (χ1n) is 6.51. The van der Waals surface area contributed by atoms with Crippen LogP contribution >= 0.6 is 0 Å². The molecule has 2 heterocycles. The lowest BCUT2D eigenvalue weighted by molar-refractivity contribution is 0.294. The maximum Gasteiger partial charge on any atom is 0.348 e. The van der Waals surface area contributed by atoms with Gasteiger partial charge >= 0.3 is 5.69 Å². The molecule has 7 nitrogen and oxygen atoms in total. The molecule has 7 heteroatoms. The van der Waals surface area contributed by atoms with E-state index in [1.807, 2.05) is 0 Å². The molecule has 0 spiro atoms. The first-order chi connectivity index (χ1) is 9.14. The van der Waals surface area contributed by atoms with Crippen molar-refractivity contribution < 1.29 is 0 Å². The number of aromatic nitrogens is 4. The highest BCUT2D eigenvalue weighted by molar-refractivity contribution is 5.48. The Bertz CT molecular complexity index is 589. The number of fused-ring (bicyclic) bond motifs is 1. The fourth-order valence-electron chi connectivity index (χ4n) is 2.05. The van der Waals surface area contributed by atoms with Crippen LogP contribution in [0.2, 0.25) is 0 Å². The summed E-state index contributed by atoms with van der Waals surface area (Å²) in [5.74, 6) is 0.700. The zero-order valence-corrected chi connectivity index (χ0v) is 11.3. The quantitative estimate of drug-likeness (QED) is 0.709. The van der Waals surface area contributed by atoms with E-state index >= 15 is 0 Å². The number of H-pyrrole nitrogens is 1. The molecular formula is C12H20N6O. The van der Waals surface area contributed by atoms with E-state index in [0.29, 0.717) is 18.0 Å². The second-order valence-corrected chi connectivity index (χ2v) is 4.80. The minimum Gasteiger partial charge on any atom is -0.369 e. The monoisotopic (exact) mass is 264 g/mol. The van der Waals surface area contributed by atoms with Crippen molar-refractivity contribution in [1.82, 2.24) is 19.6 Å². The van der Waals surface area contributed by atoms with Gasteiger partial charge in [-0.2, -0.15) is 5.10 Å². The van der Waals surface area contributed by atoms with Crippen molar-refractivity contribution in [3.05, 3.63) is 22.9 Å². The van der Waals surface area contributed by atoms with Crippen LogP contribution in [-0.4, -0.2) is 32.7 Å². The Morgan fingerprint density at radius 3 is 2.84 bits per heavy atom. The highest BCUT2D eigenvalue weighted by Gasteiger charge is 2.24. The minimum atomic E-state index is -0.285. The van der Waals surface area contributed by atoms with Crippen LogP contribution in [0.15, 0.2) is 17.2 Å². The smallest absolute Gasteiger partial charge is 0.348 e. The molecule has 0 radical (unpaired) electrons. The fourth-order valence-corrected chi connectivity index (χ4v) is 2.05. The maximum atomic E-state index is 11.3. The summed E-state index contributed by atoms with van der Waals surface area (Å²) in [6, 6.07) is 1.74. The molecule has 0 amide bonds. The number of aromatic amines is 1. The Morgan fingerprint density at radius 1 is 1.47 bits per heavy atom. The van der Waals surface area contributed by atoms with Gasteiger partial charge in [0.25, 0.3) is 0 Å². The van der Waals surface area contributed by atoms with Crippen LogP contribution in [-0.2, 0) is 0 Å². The summed E-state index contributed by atoms with van der Waals surface area (Å²) in [6.07, 6.45) is 3.49. The lowest BCUT2D eigenvalue weighted by Gasteiger charge is -2.30. The molecule has 0 saturated heterocycles. The molecule has 0 saturated carbocycles. The molecule has 0 fully saturated rings. The van der Waals surface area contributed by atoms with Crippen molar-refractivity contribution in [1.29, 1.82) is 0 Å². The molecule has 0 aliphatic carbocycles. The average Bonchev–Trinajstić information content (AvgIpc) is 2.82. The van der Waals surface area contributed by atoms with E-state index in [1.165, 1.54) is 10.7 Å². The Morgan fingerprint density at radius 2 is 2.21 bits per heavy atom. The van der Waals surface area contributed by atoms with Gasteiger partial charge in [0.15, 0.2) is 5.65 Å². The molecule has 104 valence electrons. The highest BCUT2D eigenvalue weighted by atomic mass is 16.1. The zero-order valence-electron chi connectivity index (χ0n) is 11.3. The third-order valence-electron chi connectivity index (χ3n) is 3.89. The van der Waals surface area contributed by atoms with Crippen molar-refractivity contribution in [2.75, 3.05) is 18.4 Å². The van der Waals surface area contributed by atoms with Crippen LogP contribution in [0, 0.1) is 5.41 Å². The van der Waals surface area contributed by atoms with Gasteiger partial charge in [0.1, 0.15) is 12.1 Å². The molecule has 0 bridgehead atoms. The van der Waals surface area contributed by atoms with Crippen LogP contribution in [0.4, 0.5) is 5.82 Å². The lowest BCUT2D eigenvalue weighted by atomic mass is 9.82. The van der Waals surface area contributed by atoms with E-state index in [9.17, 15) is 4.79 Å². The van der Waals surface area contributed by atoms with E-state index in [4.69, 9.17) is 5.73 Å². The Balaban J connectivity index is 2.15. The summed E-state index contributed by atoms with van der Waals surface area (Å²) < 4.78 is 1.36. The van der Waals surface area contributed by atoms with Crippen molar-refractivity contribution in [3.8, 4) is 0 Å². The molecule has 0 aliphatic heterocycles. The van der Waals surface area contributed by atoms with E-state index in [2.05, 4.69) is 34.3 Å². The first-order valence-corrected chi connectivity index (χ1v) is 6.51. The summed E-state index contributed by atoms with van der Waals surface area (Å²) in [4.78, 5) is 15.5. The minimum absolute atomic E-state index is 0.0824. The molecule has 0 atom stereocenters. The number of hydrogen-bond donors (Lipinski definition) is 3. The van der Waals surface area contributed by atoms with Gasteiger partial charge in [-0.3, -0.25) is 0 Å². The number of anilines is 1. The standard InChI is InChI=1S/C12H20N6O/c1-3-12(4-2,6-13)7-14-9-5-10-16-17-11(19)18(10)8-15-9/h5,8,14H,3-4,6-7,13H2,1-2H3,(H,17,19). The van der Waals surface area contributed by atoms with Crippen LogP contribution < -0.4 is 16.7 Å². The van der Waals surface area contributed by atoms with Crippen molar-refractivity contribution >= 4 is 11.5 Å². The van der Waals surface area contributed by atoms with Crippen molar-refractivity contribution in [2.45, 2.75) is 26.7 Å². The lowest BCUT2D eigenvalue weighted by Crippen LogP contribution is -2.36. The third-order valence-corrected chi connectivity index (χ3v) is 3.89. The van der Waals surface area contributed by atoms with Crippen molar-refractivity contribution in [2.24, 2.45) is 11.1 Å². The summed E-state index contributed by atoms with van der Waals surface area (Å²) in [5, 5.41) is 9.56. The van der Waals surface area contributed by atoms with Crippen LogP contribution in [0.25, 0.3) is 5.65 Å². The number of nitrogens with one attached hydrogen (secondary N) is 2. The SMILES string of the molecule is CCC(CC)(CN)CNc1cc2n[nH]c(=O)n2cn1. The second-order valence-electron chi connectivity index (χ2n) is 4.80. The molecular weight excluding hydrogens is 244 g/mol. The van der Waals surface area contributed by atoms with Crippen molar-refractivity contribution in [3.63, 3.8) is 0 Å². The summed E-state index contributed by atoms with van der Waals surface area (Å²) in [5.41, 5.74) is 6.21. The van der Waals surface area contributed by atoms with Gasteiger partial charge in [0.05, 0.1) is 0 Å². The molecule has 2 aromatic heterocycles. The van der Waals surface area contributed by atoms with Crippen LogP contribution in [0.3, 0.4) is 0 Å². The Hall–Kier alpha value is -1.89. The normalized spacial score (nSPS) is 11.9. The van der Waals surface area contributed by atoms with Gasteiger partial charge in [-0.1, -0.05) is 13.8 Å². The van der Waals surface area contributed by atoms with Gasteiger partial charge in [0.2, 0.25) is 0 Å². The van der Waals surface area contributed by atoms with E-state index in [1.54, 1.807) is 6.07 Å². The van der Waals surface area contributed by atoms with E-state index in [0.717, 1.165) is 19.4 Å². The molecule has 0 aliphatic rings. The third kappa shape index (κ3) is 2.60. The zero-order chi connectivity index (χ0) is 13.9. The van der Waals surface area contributed by atoms with Gasteiger partial charge in [0, 0.05) is 12.6 Å². The molecule has 2 aromatic rings. The predicted octanol–water partition coefficient (Wildman–Crippen LogP) is 0.595. The van der Waals surface area contributed by atoms with E-state index < -0.39 is 0 Å². The molecule has 19 heavy (non-hydrogen) atoms. The summed E-state index contributed by atoms with van der Waals surface area (Å²) in [7, 11) is 0. The van der Waals surface area contributed by atoms with Crippen LogP contribution in [0.5, 0.6) is 0 Å². The maximum absolute atomic E-state index is 11.3. The molecule has 2 rings (SSSR count). The first kappa shape index (κ1) is 13.5. The average molecular weight is 264 g/mol. The van der Waals surface area contributed by atoms with Gasteiger partial charge in [-0.25, -0.2) is 19.3 Å².